The molecule has 0 N–H and O–H groups in total. The van der Waals surface area contributed by atoms with Crippen molar-refractivity contribution >= 4 is 48.4 Å². The third-order valence-electron chi connectivity index (χ3n) is 11.0. The summed E-state index contributed by atoms with van der Waals surface area (Å²) in [5.74, 6) is 0. The van der Waals surface area contributed by atoms with Gasteiger partial charge in [-0.05, 0) is 0 Å². The van der Waals surface area contributed by atoms with E-state index in [9.17, 15) is 0 Å². The van der Waals surface area contributed by atoms with Gasteiger partial charge in [0.1, 0.15) is 0 Å². The molecule has 0 fully saturated rings. The molecule has 0 amide bonds. The Kier molecular flexibility index (Phi) is 10.6. The first kappa shape index (κ1) is 37.9. The molecule has 2 aliphatic rings. The number of fused-ring (bicyclic) bond motifs is 3. The summed E-state index contributed by atoms with van der Waals surface area (Å²) in [4.78, 5) is 0. The van der Waals surface area contributed by atoms with Gasteiger partial charge in [-0.15, -0.1) is 0 Å². The van der Waals surface area contributed by atoms with Gasteiger partial charge in [0.2, 0.25) is 0 Å². The standard InChI is InChI=1S/C33H33.C13H8I2.C5H5.Zr/c1-32(2,3)30-20-26-24(18-28(30)22-13-9-7-10-14-22)17-25-19-29(23-15-11-8-12-16-23)31(21-27(25)26)33(4,5)6;14-12-5-1-10(2-6-12)9-11-3-7-13(15)8-4-11;1-2-4-5-3-1;/h7-21H,1-6H3;1-8H;1-5H;. The molecule has 0 saturated heterocycles. The maximum absolute atomic E-state index is 2.91. The van der Waals surface area contributed by atoms with Gasteiger partial charge in [0, 0.05) is 0 Å². The van der Waals surface area contributed by atoms with Gasteiger partial charge in [0.05, 0.1) is 0 Å². The van der Waals surface area contributed by atoms with Crippen molar-refractivity contribution in [1.29, 1.82) is 0 Å². The van der Waals surface area contributed by atoms with Crippen molar-refractivity contribution in [2.75, 3.05) is 0 Å². The van der Waals surface area contributed by atoms with Crippen molar-refractivity contribution in [3.05, 3.63) is 198 Å². The van der Waals surface area contributed by atoms with Crippen LogP contribution in [0.4, 0.5) is 0 Å². The van der Waals surface area contributed by atoms with E-state index in [1.807, 2.05) is 0 Å². The van der Waals surface area contributed by atoms with Crippen LogP contribution in [0.1, 0.15) is 78.5 Å². The van der Waals surface area contributed by atoms with E-state index in [1.54, 1.807) is 3.21 Å². The zero-order chi connectivity index (χ0) is 37.8. The second kappa shape index (κ2) is 15.2. The predicted molar refractivity (Wildman–Crippen MR) is 246 cm³/mol. The average Bonchev–Trinajstić information content (AvgIpc) is 3.80. The summed E-state index contributed by atoms with van der Waals surface area (Å²) in [6.45, 7) is 14.3. The van der Waals surface area contributed by atoms with Crippen LogP contribution in [0.3, 0.4) is 0 Å². The Morgan fingerprint density at radius 3 is 1.24 bits per heavy atom. The van der Waals surface area contributed by atoms with Crippen molar-refractivity contribution in [2.24, 2.45) is 0 Å². The number of halogens is 2. The summed E-state index contributed by atoms with van der Waals surface area (Å²) < 4.78 is 4.85. The van der Waals surface area contributed by atoms with E-state index in [1.165, 1.54) is 73.9 Å². The van der Waals surface area contributed by atoms with Crippen molar-refractivity contribution in [3.8, 4) is 33.4 Å². The van der Waals surface area contributed by atoms with Gasteiger partial charge in [-0.2, -0.15) is 0 Å². The van der Waals surface area contributed by atoms with Gasteiger partial charge in [-0.3, -0.25) is 0 Å². The molecule has 0 aromatic heterocycles. The summed E-state index contributed by atoms with van der Waals surface area (Å²) in [5.41, 5.74) is 16.7. The number of benzene rings is 6. The first-order chi connectivity index (χ1) is 25.9. The van der Waals surface area contributed by atoms with Gasteiger partial charge in [-0.25, -0.2) is 0 Å². The molecule has 0 bridgehead atoms. The molecule has 54 heavy (non-hydrogen) atoms. The molecule has 0 atom stereocenters. The number of rotatable bonds is 6. The Bertz CT molecular complexity index is 2270. The van der Waals surface area contributed by atoms with Gasteiger partial charge in [0.15, 0.2) is 0 Å². The third kappa shape index (κ3) is 7.35. The summed E-state index contributed by atoms with van der Waals surface area (Å²) in [5, 5.41) is 0. The maximum atomic E-state index is 2.64. The number of hydrogen-bond donors (Lipinski definition) is 0. The molecule has 0 spiro atoms. The van der Waals surface area contributed by atoms with E-state index in [4.69, 9.17) is 0 Å². The SMILES string of the molecule is CC(C)(C)c1cc2c(cc1-c1ccccc1)[CH]([Zr](=[C](c1ccc(I)cc1)c1ccc(I)cc1)[CH]1C=CC=C1)c1cc(-c3ccccc3)c(C(C)(C)C)cc1-2. The molecule has 6 aromatic carbocycles. The molecule has 0 saturated carbocycles. The molecule has 2 aliphatic carbocycles. The molecule has 0 nitrogen and oxygen atoms in total. The fourth-order valence-corrected chi connectivity index (χ4v) is 18.5. The van der Waals surface area contributed by atoms with Crippen LogP contribution in [-0.4, -0.2) is 3.21 Å². The molecule has 0 aliphatic heterocycles. The van der Waals surface area contributed by atoms with Gasteiger partial charge >= 0.3 is 361 Å². The second-order valence-corrected chi connectivity index (χ2v) is 25.8. The van der Waals surface area contributed by atoms with Gasteiger partial charge < -0.3 is 0 Å². The zero-order valence-electron chi connectivity index (χ0n) is 31.9. The summed E-state index contributed by atoms with van der Waals surface area (Å²) in [6.07, 6.45) is 9.65. The Labute approximate surface area is 357 Å². The molecule has 8 rings (SSSR count). The second-order valence-electron chi connectivity index (χ2n) is 16.8. The molecule has 0 heterocycles. The molecule has 3 heteroatoms. The van der Waals surface area contributed by atoms with Gasteiger partial charge in [-0.1, -0.05) is 0 Å². The van der Waals surface area contributed by atoms with Crippen molar-refractivity contribution in [3.63, 3.8) is 0 Å². The minimum absolute atomic E-state index is 0.0343. The molecule has 268 valence electrons. The Hall–Kier alpha value is -2.99. The van der Waals surface area contributed by atoms with E-state index in [2.05, 4.69) is 244 Å². The number of allylic oxidation sites excluding steroid dienone is 4. The zero-order valence-corrected chi connectivity index (χ0v) is 38.7. The van der Waals surface area contributed by atoms with Crippen LogP contribution in [0, 0.1) is 7.14 Å². The van der Waals surface area contributed by atoms with Crippen LogP contribution >= 0.6 is 45.2 Å². The fourth-order valence-electron chi connectivity index (χ4n) is 8.51. The Morgan fingerprint density at radius 1 is 0.481 bits per heavy atom. The van der Waals surface area contributed by atoms with Crippen LogP contribution in [0.15, 0.2) is 158 Å². The van der Waals surface area contributed by atoms with E-state index in [-0.39, 0.29) is 10.8 Å². The van der Waals surface area contributed by atoms with Crippen molar-refractivity contribution in [2.45, 2.75) is 59.6 Å². The van der Waals surface area contributed by atoms with E-state index < -0.39 is 21.3 Å². The normalized spacial score (nSPS) is 14.0. The summed E-state index contributed by atoms with van der Waals surface area (Å²) in [6, 6.07) is 51.5. The predicted octanol–water partition coefficient (Wildman–Crippen LogP) is 14.7. The molecule has 0 radical (unpaired) electrons. The Morgan fingerprint density at radius 2 is 0.870 bits per heavy atom. The summed E-state index contributed by atoms with van der Waals surface area (Å²) in [7, 11) is 0. The molecule has 0 unspecified atom stereocenters. The third-order valence-corrected chi connectivity index (χ3v) is 21.1. The fraction of sp³-hybridized carbons (Fsp3) is 0.196. The topological polar surface area (TPSA) is 0 Å². The van der Waals surface area contributed by atoms with E-state index in [0.29, 0.717) is 7.25 Å². The van der Waals surface area contributed by atoms with Crippen LogP contribution in [0.5, 0.6) is 0 Å². The number of hydrogen-bond acceptors (Lipinski definition) is 0. The molecular formula is C51H46I2Zr. The first-order valence-electron chi connectivity index (χ1n) is 19.0. The van der Waals surface area contributed by atoms with Crippen LogP contribution in [-0.2, 0) is 32.1 Å². The first-order valence-corrected chi connectivity index (χ1v) is 25.2. The molecular weight excluding hydrogens is 958 g/mol. The van der Waals surface area contributed by atoms with Crippen LogP contribution < -0.4 is 0 Å². The van der Waals surface area contributed by atoms with Crippen molar-refractivity contribution < 1.29 is 21.3 Å². The van der Waals surface area contributed by atoms with Gasteiger partial charge in [0.25, 0.3) is 0 Å². The molecule has 6 aromatic rings. The quantitative estimate of drug-likeness (QED) is 0.146. The van der Waals surface area contributed by atoms with E-state index in [0.717, 1.165) is 0 Å². The van der Waals surface area contributed by atoms with Crippen molar-refractivity contribution in [1.82, 2.24) is 0 Å². The monoisotopic (exact) mass is 1000 g/mol. The minimum atomic E-state index is -2.91. The van der Waals surface area contributed by atoms with Crippen LogP contribution in [0.2, 0.25) is 3.63 Å². The Balaban J connectivity index is 1.55. The van der Waals surface area contributed by atoms with Crippen LogP contribution in [0.25, 0.3) is 33.4 Å². The summed E-state index contributed by atoms with van der Waals surface area (Å²) >= 11 is 1.99. The van der Waals surface area contributed by atoms with E-state index >= 15 is 0 Å². The average molecular weight is 1000 g/mol.